The molecule has 20 heavy (non-hydrogen) atoms. The van der Waals surface area contributed by atoms with Crippen molar-refractivity contribution in [3.8, 4) is 0 Å². The summed E-state index contributed by atoms with van der Waals surface area (Å²) in [5, 5.41) is 12.6. The highest BCUT2D eigenvalue weighted by Crippen LogP contribution is 2.19. The van der Waals surface area contributed by atoms with Gasteiger partial charge in [-0.05, 0) is 20.8 Å². The molecule has 0 radical (unpaired) electrons. The number of aryl methyl sites for hydroxylation is 1. The molecule has 6 nitrogen and oxygen atoms in total. The minimum Gasteiger partial charge on any atom is -0.481 e. The van der Waals surface area contributed by atoms with Gasteiger partial charge in [0.1, 0.15) is 5.01 Å². The lowest BCUT2D eigenvalue weighted by Gasteiger charge is -2.24. The van der Waals surface area contributed by atoms with Crippen LogP contribution in [0.15, 0.2) is 6.20 Å². The molecular formula is C13H21N3O3S. The molecule has 0 bridgehead atoms. The predicted octanol–water partition coefficient (Wildman–Crippen LogP) is 2.26. The van der Waals surface area contributed by atoms with E-state index in [0.717, 1.165) is 9.88 Å². The molecule has 0 aliphatic carbocycles. The Bertz CT molecular complexity index is 475. The summed E-state index contributed by atoms with van der Waals surface area (Å²) in [6.45, 7) is 7.90. The van der Waals surface area contributed by atoms with Gasteiger partial charge < -0.3 is 15.3 Å². The maximum absolute atomic E-state index is 12.1. The number of carboxylic acids is 1. The molecule has 2 N–H and O–H groups in total. The highest BCUT2D eigenvalue weighted by Gasteiger charge is 2.21. The summed E-state index contributed by atoms with van der Waals surface area (Å²) in [5.41, 5.74) is 0. The van der Waals surface area contributed by atoms with Gasteiger partial charge >= 0.3 is 12.0 Å². The smallest absolute Gasteiger partial charge is 0.317 e. The molecule has 2 atom stereocenters. The van der Waals surface area contributed by atoms with Crippen molar-refractivity contribution >= 4 is 23.3 Å². The van der Waals surface area contributed by atoms with E-state index in [2.05, 4.69) is 10.3 Å². The second-order valence-corrected chi connectivity index (χ2v) is 6.02. The molecule has 1 heterocycles. The summed E-state index contributed by atoms with van der Waals surface area (Å²) in [6, 6.07) is -0.448. The zero-order valence-electron chi connectivity index (χ0n) is 12.2. The van der Waals surface area contributed by atoms with Crippen LogP contribution in [0.1, 0.15) is 36.7 Å². The van der Waals surface area contributed by atoms with Gasteiger partial charge in [0.05, 0.1) is 12.0 Å². The fourth-order valence-electron chi connectivity index (χ4n) is 1.67. The largest absolute Gasteiger partial charge is 0.481 e. The average molecular weight is 299 g/mol. The molecule has 0 fully saturated rings. The van der Waals surface area contributed by atoms with Crippen LogP contribution >= 0.6 is 11.3 Å². The van der Waals surface area contributed by atoms with Crippen molar-refractivity contribution in [1.29, 1.82) is 0 Å². The second-order valence-electron chi connectivity index (χ2n) is 4.76. The summed E-state index contributed by atoms with van der Waals surface area (Å²) in [5.74, 6) is -1.49. The highest BCUT2D eigenvalue weighted by molar-refractivity contribution is 7.11. The first-order valence-corrected chi connectivity index (χ1v) is 7.37. The van der Waals surface area contributed by atoms with Crippen LogP contribution < -0.4 is 5.32 Å². The third kappa shape index (κ3) is 4.48. The third-order valence-corrected chi connectivity index (χ3v) is 4.03. The van der Waals surface area contributed by atoms with Gasteiger partial charge in [0, 0.05) is 24.2 Å². The number of aliphatic carboxylic acids is 1. The molecule has 7 heteroatoms. The fourth-order valence-corrected chi connectivity index (χ4v) is 2.45. The molecule has 1 rings (SSSR count). The van der Waals surface area contributed by atoms with E-state index in [1.807, 2.05) is 20.8 Å². The highest BCUT2D eigenvalue weighted by atomic mass is 32.1. The van der Waals surface area contributed by atoms with Crippen molar-refractivity contribution in [2.75, 3.05) is 13.1 Å². The molecule has 0 aliphatic rings. The Morgan fingerprint density at radius 1 is 1.50 bits per heavy atom. The van der Waals surface area contributed by atoms with E-state index in [1.54, 1.807) is 13.1 Å². The zero-order chi connectivity index (χ0) is 15.3. The quantitative estimate of drug-likeness (QED) is 0.844. The van der Waals surface area contributed by atoms with Gasteiger partial charge in [-0.15, -0.1) is 11.3 Å². The number of nitrogens with one attached hydrogen (secondary N) is 1. The van der Waals surface area contributed by atoms with Crippen LogP contribution in [0.5, 0.6) is 0 Å². The number of urea groups is 1. The Morgan fingerprint density at radius 3 is 2.60 bits per heavy atom. The molecule has 2 amide bonds. The Balaban J connectivity index is 2.61. The topological polar surface area (TPSA) is 82.5 Å². The number of carbonyl (C=O) groups is 2. The number of carboxylic acid groups (broad SMARTS) is 1. The number of carbonyl (C=O) groups excluding carboxylic acids is 1. The molecule has 0 saturated heterocycles. The second kappa shape index (κ2) is 7.23. The Kier molecular flexibility index (Phi) is 5.94. The van der Waals surface area contributed by atoms with E-state index < -0.39 is 11.9 Å². The van der Waals surface area contributed by atoms with Crippen molar-refractivity contribution in [2.24, 2.45) is 5.92 Å². The molecule has 0 aliphatic heterocycles. The lowest BCUT2D eigenvalue weighted by Crippen LogP contribution is -2.44. The molecule has 112 valence electrons. The van der Waals surface area contributed by atoms with Crippen molar-refractivity contribution in [2.45, 2.75) is 33.7 Å². The summed E-state index contributed by atoms with van der Waals surface area (Å²) >= 11 is 1.54. The molecule has 2 unspecified atom stereocenters. The van der Waals surface area contributed by atoms with Crippen LogP contribution in [0.2, 0.25) is 0 Å². The standard InChI is InChI=1S/C13H21N3O3S/c1-5-16(7-8(2)12(17)18)13(19)15-10(4)11-14-6-9(3)20-11/h6,8,10H,5,7H2,1-4H3,(H,15,19)(H,17,18). The van der Waals surface area contributed by atoms with Gasteiger partial charge in [-0.25, -0.2) is 9.78 Å². The summed E-state index contributed by atoms with van der Waals surface area (Å²) < 4.78 is 0. The zero-order valence-corrected chi connectivity index (χ0v) is 13.0. The number of aromatic nitrogens is 1. The number of nitrogens with zero attached hydrogens (tertiary/aromatic N) is 2. The first-order valence-electron chi connectivity index (χ1n) is 6.55. The van der Waals surface area contributed by atoms with E-state index in [0.29, 0.717) is 6.54 Å². The molecule has 1 aromatic heterocycles. The number of hydrogen-bond donors (Lipinski definition) is 2. The number of amides is 2. The van der Waals surface area contributed by atoms with E-state index in [1.165, 1.54) is 16.2 Å². The van der Waals surface area contributed by atoms with Gasteiger partial charge in [-0.2, -0.15) is 0 Å². The SMILES string of the molecule is CCN(CC(C)C(=O)O)C(=O)NC(C)c1ncc(C)s1. The van der Waals surface area contributed by atoms with Crippen LogP contribution in [-0.2, 0) is 4.79 Å². The van der Waals surface area contributed by atoms with E-state index in [9.17, 15) is 9.59 Å². The maximum Gasteiger partial charge on any atom is 0.317 e. The van der Waals surface area contributed by atoms with Crippen molar-refractivity contribution in [1.82, 2.24) is 15.2 Å². The van der Waals surface area contributed by atoms with Crippen molar-refractivity contribution < 1.29 is 14.7 Å². The molecule has 0 aromatic carbocycles. The number of rotatable bonds is 6. The fraction of sp³-hybridized carbons (Fsp3) is 0.615. The van der Waals surface area contributed by atoms with Gasteiger partial charge in [0.15, 0.2) is 0 Å². The Labute approximate surface area is 122 Å². The first kappa shape index (κ1) is 16.4. The minimum atomic E-state index is -0.903. The monoisotopic (exact) mass is 299 g/mol. The van der Waals surface area contributed by atoms with Gasteiger partial charge in [0.2, 0.25) is 0 Å². The first-order chi connectivity index (χ1) is 9.35. The van der Waals surface area contributed by atoms with Crippen LogP contribution in [0.25, 0.3) is 0 Å². The number of hydrogen-bond acceptors (Lipinski definition) is 4. The third-order valence-electron chi connectivity index (χ3n) is 2.93. The minimum absolute atomic E-state index is 0.185. The number of thiazole rings is 1. The van der Waals surface area contributed by atoms with Gasteiger partial charge in [0.25, 0.3) is 0 Å². The maximum atomic E-state index is 12.1. The van der Waals surface area contributed by atoms with Gasteiger partial charge in [-0.1, -0.05) is 6.92 Å². The lowest BCUT2D eigenvalue weighted by atomic mass is 10.2. The van der Waals surface area contributed by atoms with E-state index in [-0.39, 0.29) is 18.6 Å². The summed E-state index contributed by atoms with van der Waals surface area (Å²) in [7, 11) is 0. The normalized spacial score (nSPS) is 13.6. The summed E-state index contributed by atoms with van der Waals surface area (Å²) in [6.07, 6.45) is 1.77. The summed E-state index contributed by atoms with van der Waals surface area (Å²) in [4.78, 5) is 29.8. The molecule has 0 spiro atoms. The Hall–Kier alpha value is -1.63. The van der Waals surface area contributed by atoms with Crippen LogP contribution in [0, 0.1) is 12.8 Å². The van der Waals surface area contributed by atoms with Crippen molar-refractivity contribution in [3.05, 3.63) is 16.1 Å². The average Bonchev–Trinajstić information content (AvgIpc) is 2.81. The Morgan fingerprint density at radius 2 is 2.15 bits per heavy atom. The van der Waals surface area contributed by atoms with E-state index in [4.69, 9.17) is 5.11 Å². The van der Waals surface area contributed by atoms with E-state index >= 15 is 0 Å². The van der Waals surface area contributed by atoms with Crippen molar-refractivity contribution in [3.63, 3.8) is 0 Å². The van der Waals surface area contributed by atoms with Gasteiger partial charge in [-0.3, -0.25) is 4.79 Å². The molecule has 0 saturated carbocycles. The predicted molar refractivity (Wildman–Crippen MR) is 77.8 cm³/mol. The van der Waals surface area contributed by atoms with Crippen LogP contribution in [-0.4, -0.2) is 40.1 Å². The van der Waals surface area contributed by atoms with Crippen LogP contribution in [0.4, 0.5) is 4.79 Å². The van der Waals surface area contributed by atoms with Crippen LogP contribution in [0.3, 0.4) is 0 Å². The molecule has 1 aromatic rings. The lowest BCUT2D eigenvalue weighted by molar-refractivity contribution is -0.141. The molecular weight excluding hydrogens is 278 g/mol.